The fourth-order valence-corrected chi connectivity index (χ4v) is 11.0. The molecule has 0 saturated carbocycles. The fraction of sp³-hybridized carbons (Fsp3) is 0.583. The smallest absolute Gasteiger partial charge is 0.324 e. The Hall–Kier alpha value is -3.50. The number of pyridine rings is 1. The molecule has 2 N–H and O–H groups in total. The first-order chi connectivity index (χ1) is 30.6. The number of hydrazine groups is 1. The molecule has 3 fully saturated rings. The number of cyclic esters (lactones) is 1. The summed E-state index contributed by atoms with van der Waals surface area (Å²) in [5.74, 6) is -0.393. The zero-order valence-electron chi connectivity index (χ0n) is 40.8. The normalized spacial score (nSPS) is 20.8. The van der Waals surface area contributed by atoms with Crippen LogP contribution in [0.3, 0.4) is 0 Å². The topological polar surface area (TPSA) is 154 Å². The highest BCUT2D eigenvalue weighted by Crippen LogP contribution is 2.42. The van der Waals surface area contributed by atoms with Crippen LogP contribution < -0.4 is 10.7 Å². The standard InChI is InChI=1S/C48H65N9O6S.4H2S/c1-10-56-39-16-15-30-19-34(39)35(43(56)33-13-11-17-49-41(33)29(4)62-9)21-48(5,6)27-63-46(60)36-14-12-18-57(52-36)45(59)37(20-40-50-38(30)26-64-40)51-44(58)42(28(2)3)54(8)47(61)55-24-32(25-55)31-22-53(7)23-31;;;;/h11,13,15-17,19,26,28-29,31-32,36-37,42,52H,10,12,14,18,20-25,27H2,1-9H3,(H,51,58);4*1H2/t29-,36-,37-,42-;;;;/m0..../s1. The molecule has 0 unspecified atom stereocenters. The zero-order valence-corrected chi connectivity index (χ0v) is 45.7. The number of esters is 1. The van der Waals surface area contributed by atoms with Gasteiger partial charge < -0.3 is 34.1 Å². The van der Waals surface area contributed by atoms with Crippen molar-refractivity contribution in [3.63, 3.8) is 0 Å². The van der Waals surface area contributed by atoms with Crippen LogP contribution in [0.2, 0.25) is 0 Å². The molecular formula is C48H73N9O6S5. The van der Waals surface area contributed by atoms with Gasteiger partial charge in [0.25, 0.3) is 5.91 Å². The predicted octanol–water partition coefficient (Wildman–Crippen LogP) is 6.22. The molecule has 3 saturated heterocycles. The number of likely N-dealkylation sites (tertiary alicyclic amines) is 2. The van der Waals surface area contributed by atoms with E-state index in [-0.39, 0.29) is 91.0 Å². The Morgan fingerprint density at radius 1 is 1.06 bits per heavy atom. The van der Waals surface area contributed by atoms with Gasteiger partial charge in [0, 0.05) is 98.9 Å². The van der Waals surface area contributed by atoms with E-state index in [0.717, 1.165) is 57.8 Å². The Balaban J connectivity index is 0.00000252. The van der Waals surface area contributed by atoms with Crippen LogP contribution in [0, 0.1) is 23.2 Å². The van der Waals surface area contributed by atoms with E-state index in [2.05, 4.69) is 72.3 Å². The molecule has 4 aromatic rings. The molecule has 8 rings (SSSR count). The molecule has 376 valence electrons. The van der Waals surface area contributed by atoms with Gasteiger partial charge in [-0.05, 0) is 87.7 Å². The van der Waals surface area contributed by atoms with Crippen LogP contribution in [0.15, 0.2) is 41.9 Å². The second kappa shape index (κ2) is 23.6. The summed E-state index contributed by atoms with van der Waals surface area (Å²) in [4.78, 5) is 72.2. The first kappa shape index (κ1) is 57.1. The van der Waals surface area contributed by atoms with Crippen molar-refractivity contribution in [2.45, 2.75) is 98.0 Å². The van der Waals surface area contributed by atoms with Crippen molar-refractivity contribution in [1.29, 1.82) is 0 Å². The van der Waals surface area contributed by atoms with E-state index in [4.69, 9.17) is 19.4 Å². The summed E-state index contributed by atoms with van der Waals surface area (Å²) in [6.07, 6.45) is 3.33. The van der Waals surface area contributed by atoms with Gasteiger partial charge >= 0.3 is 12.0 Å². The number of carbonyl (C=O) groups excluding carboxylic acids is 4. The third kappa shape index (κ3) is 11.6. The highest BCUT2D eigenvalue weighted by atomic mass is 32.1. The third-order valence-electron chi connectivity index (χ3n) is 13.7. The molecule has 0 aliphatic carbocycles. The molecule has 68 heavy (non-hydrogen) atoms. The van der Waals surface area contributed by atoms with Crippen LogP contribution in [0.1, 0.15) is 76.8 Å². The first-order valence-electron chi connectivity index (χ1n) is 22.9. The Bertz CT molecular complexity index is 2400. The lowest BCUT2D eigenvalue weighted by molar-refractivity contribution is -0.155. The van der Waals surface area contributed by atoms with Crippen molar-refractivity contribution < 1.29 is 28.7 Å². The number of hydrogen-bond donors (Lipinski definition) is 2. The zero-order chi connectivity index (χ0) is 45.6. The summed E-state index contributed by atoms with van der Waals surface area (Å²) >= 11 is 1.44. The number of benzene rings is 1. The van der Waals surface area contributed by atoms with Gasteiger partial charge in [0.15, 0.2) is 0 Å². The summed E-state index contributed by atoms with van der Waals surface area (Å²) < 4.78 is 14.3. The molecule has 0 spiro atoms. The molecule has 0 radical (unpaired) electrons. The second-order valence-electron chi connectivity index (χ2n) is 19.5. The summed E-state index contributed by atoms with van der Waals surface area (Å²) in [6, 6.07) is 7.69. The number of aryl methyl sites for hydroxylation is 1. The number of amides is 4. The van der Waals surface area contributed by atoms with Gasteiger partial charge in [-0.3, -0.25) is 24.4 Å². The minimum Gasteiger partial charge on any atom is -0.464 e. The van der Waals surface area contributed by atoms with E-state index in [1.165, 1.54) is 21.2 Å². The maximum Gasteiger partial charge on any atom is 0.324 e. The maximum absolute atomic E-state index is 14.6. The van der Waals surface area contributed by atoms with E-state index in [0.29, 0.717) is 62.3 Å². The number of likely N-dealkylation sites (N-methyl/N-ethyl adjacent to an activating group) is 1. The minimum absolute atomic E-state index is 0. The van der Waals surface area contributed by atoms with E-state index < -0.39 is 35.4 Å². The van der Waals surface area contributed by atoms with E-state index in [1.54, 1.807) is 20.4 Å². The van der Waals surface area contributed by atoms with E-state index >= 15 is 0 Å². The maximum atomic E-state index is 14.6. The second-order valence-corrected chi connectivity index (χ2v) is 20.4. The van der Waals surface area contributed by atoms with Crippen LogP contribution in [0.5, 0.6) is 0 Å². The lowest BCUT2D eigenvalue weighted by Crippen LogP contribution is -2.64. The number of aromatic nitrogens is 3. The van der Waals surface area contributed by atoms with Crippen LogP contribution in [0.4, 0.5) is 4.79 Å². The molecule has 4 amide bonds. The van der Waals surface area contributed by atoms with Crippen LogP contribution in [0.25, 0.3) is 33.4 Å². The van der Waals surface area contributed by atoms with E-state index in [1.807, 2.05) is 37.1 Å². The van der Waals surface area contributed by atoms with Gasteiger partial charge in [0.1, 0.15) is 18.1 Å². The number of hydrogen-bond acceptors (Lipinski definition) is 11. The van der Waals surface area contributed by atoms with Crippen molar-refractivity contribution in [2.24, 2.45) is 23.2 Å². The number of ether oxygens (including phenoxy) is 2. The summed E-state index contributed by atoms with van der Waals surface area (Å²) in [6.45, 7) is 16.9. The molecule has 4 aliphatic heterocycles. The number of nitrogens with one attached hydrogen (secondary N) is 2. The van der Waals surface area contributed by atoms with E-state index in [9.17, 15) is 19.2 Å². The number of fused-ring (bicyclic) bond motifs is 6. The fourth-order valence-electron chi connectivity index (χ4n) is 10.1. The van der Waals surface area contributed by atoms with Gasteiger partial charge in [-0.1, -0.05) is 33.8 Å². The van der Waals surface area contributed by atoms with Crippen molar-refractivity contribution in [2.75, 3.05) is 60.5 Å². The van der Waals surface area contributed by atoms with Gasteiger partial charge in [-0.15, -0.1) is 11.3 Å². The molecular weight excluding hydrogens is 959 g/mol. The highest BCUT2D eigenvalue weighted by Gasteiger charge is 2.44. The van der Waals surface area contributed by atoms with Gasteiger partial charge in [-0.2, -0.15) is 54.0 Å². The van der Waals surface area contributed by atoms with Gasteiger partial charge in [-0.25, -0.2) is 15.2 Å². The number of rotatable bonds is 9. The van der Waals surface area contributed by atoms with Crippen molar-refractivity contribution in [3.8, 4) is 22.5 Å². The molecule has 15 nitrogen and oxygen atoms in total. The molecule has 4 atom stereocenters. The first-order valence-corrected chi connectivity index (χ1v) is 23.8. The Labute approximate surface area is 433 Å². The largest absolute Gasteiger partial charge is 0.464 e. The summed E-state index contributed by atoms with van der Waals surface area (Å²) in [5.41, 5.74) is 9.43. The third-order valence-corrected chi connectivity index (χ3v) is 14.6. The van der Waals surface area contributed by atoms with Gasteiger partial charge in [0.05, 0.1) is 34.8 Å². The molecule has 1 aromatic carbocycles. The number of nitrogens with zero attached hydrogens (tertiary/aromatic N) is 7. The number of carbonyl (C=O) groups is 4. The van der Waals surface area contributed by atoms with Gasteiger partial charge in [0.2, 0.25) is 5.91 Å². The monoisotopic (exact) mass is 1030 g/mol. The van der Waals surface area contributed by atoms with Crippen LogP contribution in [-0.2, 0) is 43.2 Å². The van der Waals surface area contributed by atoms with Crippen LogP contribution in [-0.4, -0.2) is 137 Å². The SMILES string of the molecule is CCn1c(-c2cccnc2[C@H](C)OC)c2c3cc(ccc31)-c1csc(n1)C[C@H](NC(=O)[C@H](C(C)C)N(C)C(=O)N1CC(C3CN(C)C3)C1)C(=O)N1CCC[C@H](N1)C(=O)OCC(C)(C)C2.S.S.S.S. The highest BCUT2D eigenvalue weighted by molar-refractivity contribution is 7.59. The average Bonchev–Trinajstić information content (AvgIpc) is 3.84. The lowest BCUT2D eigenvalue weighted by Gasteiger charge is -2.50. The average molecular weight is 1030 g/mol. The minimum atomic E-state index is -1.03. The van der Waals surface area contributed by atoms with Crippen molar-refractivity contribution in [1.82, 2.24) is 45.0 Å². The van der Waals surface area contributed by atoms with Crippen molar-refractivity contribution >= 4 is 100 Å². The molecule has 3 aromatic heterocycles. The number of methoxy groups -OCH3 is 1. The predicted molar refractivity (Wildman–Crippen MR) is 289 cm³/mol. The van der Waals surface area contributed by atoms with Crippen LogP contribution >= 0.6 is 65.3 Å². The Kier molecular flexibility index (Phi) is 19.8. The molecule has 6 bridgehead atoms. The summed E-state index contributed by atoms with van der Waals surface area (Å²) in [5, 5.41) is 8.26. The molecule has 4 aliphatic rings. The summed E-state index contributed by atoms with van der Waals surface area (Å²) in [7, 11) is 5.48. The molecule has 20 heteroatoms. The number of urea groups is 1. The Morgan fingerprint density at radius 2 is 1.76 bits per heavy atom. The quantitative estimate of drug-likeness (QED) is 0.185. The Morgan fingerprint density at radius 3 is 2.43 bits per heavy atom. The lowest BCUT2D eigenvalue weighted by atomic mass is 9.81. The number of thiazole rings is 1. The molecule has 7 heterocycles. The van der Waals surface area contributed by atoms with Crippen molar-refractivity contribution in [3.05, 3.63) is 58.2 Å².